The van der Waals surface area contributed by atoms with Crippen LogP contribution in [0.4, 0.5) is 0 Å². The number of ketones is 1. The van der Waals surface area contributed by atoms with Crippen LogP contribution in [-0.4, -0.2) is 23.7 Å². The zero-order valence-electron chi connectivity index (χ0n) is 8.98. The number of rotatable bonds is 5. The largest absolute Gasteiger partial charge is 0.466 e. The number of carbonyl (C=O) groups excluding carboxylic acids is 2. The zero-order chi connectivity index (χ0) is 12.0. The first-order valence-electron chi connectivity index (χ1n) is 4.98. The number of alkyl halides is 1. The lowest BCUT2D eigenvalue weighted by atomic mass is 10.1. The van der Waals surface area contributed by atoms with E-state index in [2.05, 4.69) is 0 Å². The van der Waals surface area contributed by atoms with E-state index in [4.69, 9.17) is 16.3 Å². The van der Waals surface area contributed by atoms with Crippen LogP contribution < -0.4 is 0 Å². The number of hydrogen-bond acceptors (Lipinski definition) is 3. The van der Waals surface area contributed by atoms with Gasteiger partial charge in [0, 0.05) is 18.9 Å². The van der Waals surface area contributed by atoms with Crippen LogP contribution in [0.25, 0.3) is 0 Å². The fourth-order valence-corrected chi connectivity index (χ4v) is 1.44. The molecule has 0 saturated carbocycles. The third-order valence-electron chi connectivity index (χ3n) is 2.02. The molecule has 0 bridgehead atoms. The van der Waals surface area contributed by atoms with E-state index < -0.39 is 5.38 Å². The van der Waals surface area contributed by atoms with Crippen LogP contribution >= 0.6 is 11.6 Å². The van der Waals surface area contributed by atoms with Gasteiger partial charge < -0.3 is 4.74 Å². The lowest BCUT2D eigenvalue weighted by Gasteiger charge is -2.08. The second-order valence-corrected chi connectivity index (χ2v) is 3.85. The molecule has 0 radical (unpaired) electrons. The van der Waals surface area contributed by atoms with Crippen molar-refractivity contribution in [3.63, 3.8) is 0 Å². The van der Waals surface area contributed by atoms with Gasteiger partial charge in [0.25, 0.3) is 0 Å². The predicted octanol–water partition coefficient (Wildman–Crippen LogP) is 2.43. The first-order valence-corrected chi connectivity index (χ1v) is 5.41. The van der Waals surface area contributed by atoms with Crippen molar-refractivity contribution in [1.82, 2.24) is 0 Å². The van der Waals surface area contributed by atoms with Crippen molar-refractivity contribution < 1.29 is 14.3 Å². The Balaban J connectivity index is 2.45. The maximum Gasteiger partial charge on any atom is 0.302 e. The van der Waals surface area contributed by atoms with Gasteiger partial charge in [-0.05, 0) is 0 Å². The van der Waals surface area contributed by atoms with Gasteiger partial charge in [-0.15, -0.1) is 11.6 Å². The van der Waals surface area contributed by atoms with Crippen LogP contribution in [0.15, 0.2) is 30.3 Å². The standard InChI is InChI=1S/C12H13ClO3/c1-9(14)16-8-7-11(13)12(15)10-5-3-2-4-6-10/h2-6,11H,7-8H2,1H3. The van der Waals surface area contributed by atoms with Gasteiger partial charge in [-0.25, -0.2) is 0 Å². The summed E-state index contributed by atoms with van der Waals surface area (Å²) in [5.41, 5.74) is 0.574. The second-order valence-electron chi connectivity index (χ2n) is 3.33. The lowest BCUT2D eigenvalue weighted by molar-refractivity contribution is -0.141. The molecule has 0 amide bonds. The highest BCUT2D eigenvalue weighted by Gasteiger charge is 2.17. The first-order chi connectivity index (χ1) is 7.61. The third kappa shape index (κ3) is 4.03. The average Bonchev–Trinajstić information content (AvgIpc) is 2.28. The van der Waals surface area contributed by atoms with Crippen LogP contribution in [0, 0.1) is 0 Å². The normalized spacial score (nSPS) is 11.9. The molecule has 16 heavy (non-hydrogen) atoms. The van der Waals surface area contributed by atoms with Crippen molar-refractivity contribution in [3.05, 3.63) is 35.9 Å². The van der Waals surface area contributed by atoms with Gasteiger partial charge in [0.2, 0.25) is 0 Å². The molecule has 0 fully saturated rings. The molecule has 0 aliphatic rings. The van der Waals surface area contributed by atoms with E-state index in [0.29, 0.717) is 12.0 Å². The highest BCUT2D eigenvalue weighted by atomic mass is 35.5. The average molecular weight is 241 g/mol. The van der Waals surface area contributed by atoms with Crippen LogP contribution in [-0.2, 0) is 9.53 Å². The Morgan fingerprint density at radius 2 is 1.94 bits per heavy atom. The quantitative estimate of drug-likeness (QED) is 0.451. The van der Waals surface area contributed by atoms with Gasteiger partial charge in [-0.3, -0.25) is 9.59 Å². The fraction of sp³-hybridized carbons (Fsp3) is 0.333. The number of carbonyl (C=O) groups is 2. The summed E-state index contributed by atoms with van der Waals surface area (Å²) >= 11 is 5.91. The molecule has 86 valence electrons. The second kappa shape index (κ2) is 6.28. The smallest absolute Gasteiger partial charge is 0.302 e. The van der Waals surface area contributed by atoms with Gasteiger partial charge in [-0.1, -0.05) is 30.3 Å². The number of esters is 1. The van der Waals surface area contributed by atoms with Crippen molar-refractivity contribution in [2.75, 3.05) is 6.61 Å². The lowest BCUT2D eigenvalue weighted by Crippen LogP contribution is -2.17. The Kier molecular flexibility index (Phi) is 4.99. The van der Waals surface area contributed by atoms with Crippen molar-refractivity contribution in [2.45, 2.75) is 18.7 Å². The Hall–Kier alpha value is -1.35. The van der Waals surface area contributed by atoms with E-state index in [1.807, 2.05) is 6.07 Å². The van der Waals surface area contributed by atoms with Crippen molar-refractivity contribution in [1.29, 1.82) is 0 Å². The van der Waals surface area contributed by atoms with Crippen molar-refractivity contribution in [2.24, 2.45) is 0 Å². The number of benzene rings is 1. The van der Waals surface area contributed by atoms with Crippen molar-refractivity contribution >= 4 is 23.4 Å². The maximum atomic E-state index is 11.7. The van der Waals surface area contributed by atoms with Crippen LogP contribution in [0.3, 0.4) is 0 Å². The maximum absolute atomic E-state index is 11.7. The van der Waals surface area contributed by atoms with Gasteiger partial charge >= 0.3 is 5.97 Å². The number of Topliss-reactive ketones (excluding diaryl/α,β-unsaturated/α-hetero) is 1. The summed E-state index contributed by atoms with van der Waals surface area (Å²) in [5.74, 6) is -0.509. The van der Waals surface area contributed by atoms with Gasteiger partial charge in [-0.2, -0.15) is 0 Å². The molecular weight excluding hydrogens is 228 g/mol. The highest BCUT2D eigenvalue weighted by Crippen LogP contribution is 2.11. The summed E-state index contributed by atoms with van der Waals surface area (Å²) in [6.45, 7) is 1.49. The molecule has 1 aromatic carbocycles. The number of ether oxygens (including phenoxy) is 1. The summed E-state index contributed by atoms with van der Waals surface area (Å²) in [6, 6.07) is 8.82. The van der Waals surface area contributed by atoms with Crippen molar-refractivity contribution in [3.8, 4) is 0 Å². The minimum atomic E-state index is -0.651. The highest BCUT2D eigenvalue weighted by molar-refractivity contribution is 6.33. The predicted molar refractivity (Wildman–Crippen MR) is 61.7 cm³/mol. The van der Waals surface area contributed by atoms with E-state index in [1.54, 1.807) is 24.3 Å². The van der Waals surface area contributed by atoms with E-state index in [0.717, 1.165) is 0 Å². The Morgan fingerprint density at radius 1 is 1.31 bits per heavy atom. The van der Waals surface area contributed by atoms with E-state index >= 15 is 0 Å². The zero-order valence-corrected chi connectivity index (χ0v) is 9.74. The van der Waals surface area contributed by atoms with Crippen LogP contribution in [0.1, 0.15) is 23.7 Å². The molecule has 1 aromatic rings. The first kappa shape index (κ1) is 12.7. The van der Waals surface area contributed by atoms with E-state index in [-0.39, 0.29) is 18.4 Å². The molecule has 4 heteroatoms. The molecule has 0 spiro atoms. The summed E-state index contributed by atoms with van der Waals surface area (Å²) in [6.07, 6.45) is 0.328. The van der Waals surface area contributed by atoms with Crippen LogP contribution in [0.2, 0.25) is 0 Å². The topological polar surface area (TPSA) is 43.4 Å². The fourth-order valence-electron chi connectivity index (χ4n) is 1.22. The molecule has 0 saturated heterocycles. The number of halogens is 1. The molecule has 0 heterocycles. The Morgan fingerprint density at radius 3 is 2.50 bits per heavy atom. The Bertz CT molecular complexity index is 362. The van der Waals surface area contributed by atoms with Gasteiger partial charge in [0.1, 0.15) is 0 Å². The summed E-state index contributed by atoms with van der Waals surface area (Å²) < 4.78 is 4.72. The van der Waals surface area contributed by atoms with Crippen LogP contribution in [0.5, 0.6) is 0 Å². The molecule has 0 aromatic heterocycles. The molecule has 0 N–H and O–H groups in total. The molecule has 1 rings (SSSR count). The summed E-state index contributed by atoms with van der Waals surface area (Å²) in [7, 11) is 0. The molecule has 1 atom stereocenters. The van der Waals surface area contributed by atoms with Gasteiger partial charge in [0.15, 0.2) is 5.78 Å². The summed E-state index contributed by atoms with van der Waals surface area (Å²) in [4.78, 5) is 22.3. The molecule has 0 aliphatic heterocycles. The van der Waals surface area contributed by atoms with E-state index in [1.165, 1.54) is 6.92 Å². The summed E-state index contributed by atoms with van der Waals surface area (Å²) in [5, 5.41) is -0.651. The Labute approximate surface area is 99.4 Å². The monoisotopic (exact) mass is 240 g/mol. The number of hydrogen-bond donors (Lipinski definition) is 0. The molecular formula is C12H13ClO3. The van der Waals surface area contributed by atoms with Gasteiger partial charge in [0.05, 0.1) is 12.0 Å². The third-order valence-corrected chi connectivity index (χ3v) is 2.44. The molecule has 1 unspecified atom stereocenters. The SMILES string of the molecule is CC(=O)OCCC(Cl)C(=O)c1ccccc1. The molecule has 0 aliphatic carbocycles. The van der Waals surface area contributed by atoms with E-state index in [9.17, 15) is 9.59 Å². The minimum absolute atomic E-state index is 0.144. The minimum Gasteiger partial charge on any atom is -0.466 e. The molecule has 3 nitrogen and oxygen atoms in total.